The van der Waals surface area contributed by atoms with Crippen LogP contribution in [0.5, 0.6) is 0 Å². The molecule has 8 nitrogen and oxygen atoms in total. The fourth-order valence-corrected chi connectivity index (χ4v) is 3.03. The van der Waals surface area contributed by atoms with Crippen LogP contribution in [0.3, 0.4) is 0 Å². The van der Waals surface area contributed by atoms with E-state index in [9.17, 15) is 14.4 Å². The first-order valence-corrected chi connectivity index (χ1v) is 9.90. The number of benzene rings is 2. The molecule has 166 valence electrons. The highest BCUT2D eigenvalue weighted by atomic mass is 16.5. The van der Waals surface area contributed by atoms with Crippen molar-refractivity contribution in [2.45, 2.75) is 13.2 Å². The van der Waals surface area contributed by atoms with Crippen molar-refractivity contribution in [1.82, 2.24) is 5.32 Å². The van der Waals surface area contributed by atoms with Gasteiger partial charge in [-0.05, 0) is 42.0 Å². The summed E-state index contributed by atoms with van der Waals surface area (Å²) in [6, 6.07) is 17.0. The minimum Gasteiger partial charge on any atom is -0.467 e. The lowest BCUT2D eigenvalue weighted by atomic mass is 10.1. The van der Waals surface area contributed by atoms with Gasteiger partial charge in [-0.15, -0.1) is 0 Å². The Hall–Kier alpha value is -3.91. The van der Waals surface area contributed by atoms with Gasteiger partial charge in [-0.1, -0.05) is 24.3 Å². The molecule has 0 saturated carbocycles. The molecule has 32 heavy (non-hydrogen) atoms. The minimum absolute atomic E-state index is 0.220. The molecule has 1 heterocycles. The molecule has 0 bridgehead atoms. The summed E-state index contributed by atoms with van der Waals surface area (Å²) in [5, 5.41) is 2.76. The fourth-order valence-electron chi connectivity index (χ4n) is 3.03. The second kappa shape index (κ2) is 10.9. The molecule has 0 saturated heterocycles. The van der Waals surface area contributed by atoms with Crippen molar-refractivity contribution in [3.8, 4) is 0 Å². The largest absolute Gasteiger partial charge is 0.467 e. The average molecular weight is 436 g/mol. The van der Waals surface area contributed by atoms with Gasteiger partial charge in [-0.2, -0.15) is 0 Å². The van der Waals surface area contributed by atoms with E-state index >= 15 is 0 Å². The first kappa shape index (κ1) is 22.8. The van der Waals surface area contributed by atoms with Gasteiger partial charge in [0.05, 0.1) is 36.2 Å². The van der Waals surface area contributed by atoms with Crippen LogP contribution in [-0.4, -0.2) is 38.5 Å². The zero-order valence-corrected chi connectivity index (χ0v) is 17.9. The third-order valence-electron chi connectivity index (χ3n) is 4.69. The molecule has 3 rings (SSSR count). The van der Waals surface area contributed by atoms with Gasteiger partial charge < -0.3 is 24.1 Å². The number of carbonyl (C=O) groups is 3. The summed E-state index contributed by atoms with van der Waals surface area (Å²) >= 11 is 0. The number of carbonyl (C=O) groups excluding carboxylic acids is 3. The second-order valence-electron chi connectivity index (χ2n) is 6.94. The smallest absolute Gasteiger partial charge is 0.338 e. The zero-order chi connectivity index (χ0) is 22.9. The predicted molar refractivity (Wildman–Crippen MR) is 117 cm³/mol. The van der Waals surface area contributed by atoms with Crippen molar-refractivity contribution in [2.24, 2.45) is 0 Å². The van der Waals surface area contributed by atoms with Crippen LogP contribution < -0.4 is 10.2 Å². The van der Waals surface area contributed by atoms with Crippen molar-refractivity contribution >= 4 is 23.5 Å². The predicted octanol–water partition coefficient (Wildman–Crippen LogP) is 3.18. The van der Waals surface area contributed by atoms with Crippen molar-refractivity contribution < 1.29 is 28.3 Å². The normalized spacial score (nSPS) is 10.4. The third-order valence-corrected chi connectivity index (χ3v) is 4.69. The van der Waals surface area contributed by atoms with Gasteiger partial charge in [0.2, 0.25) is 0 Å². The van der Waals surface area contributed by atoms with E-state index in [0.29, 0.717) is 29.2 Å². The van der Waals surface area contributed by atoms with Gasteiger partial charge >= 0.3 is 5.97 Å². The summed E-state index contributed by atoms with van der Waals surface area (Å²) in [7, 11) is 3.09. The Kier molecular flexibility index (Phi) is 7.77. The summed E-state index contributed by atoms with van der Waals surface area (Å²) < 4.78 is 15.5. The SMILES string of the molecule is COCc1cccc(C(=O)OCC(=O)N(C)c2ccccc2C(=O)NCc2ccco2)c1. The van der Waals surface area contributed by atoms with Crippen molar-refractivity contribution in [2.75, 3.05) is 25.7 Å². The van der Waals surface area contributed by atoms with Crippen LogP contribution in [0.4, 0.5) is 5.69 Å². The lowest BCUT2D eigenvalue weighted by Crippen LogP contribution is -2.33. The van der Waals surface area contributed by atoms with Crippen LogP contribution in [0, 0.1) is 0 Å². The molecular weight excluding hydrogens is 412 g/mol. The number of hydrogen-bond donors (Lipinski definition) is 1. The lowest BCUT2D eigenvalue weighted by molar-refractivity contribution is -0.121. The second-order valence-corrected chi connectivity index (χ2v) is 6.94. The van der Waals surface area contributed by atoms with E-state index in [1.165, 1.54) is 18.2 Å². The Morgan fingerprint density at radius 1 is 1.03 bits per heavy atom. The number of amides is 2. The lowest BCUT2D eigenvalue weighted by Gasteiger charge is -2.20. The van der Waals surface area contributed by atoms with Crippen molar-refractivity contribution in [1.29, 1.82) is 0 Å². The van der Waals surface area contributed by atoms with Crippen LogP contribution in [0.1, 0.15) is 32.0 Å². The number of esters is 1. The van der Waals surface area contributed by atoms with E-state index < -0.39 is 18.5 Å². The molecule has 0 spiro atoms. The number of rotatable bonds is 9. The number of methoxy groups -OCH3 is 1. The molecule has 1 N–H and O–H groups in total. The number of para-hydroxylation sites is 1. The number of hydrogen-bond acceptors (Lipinski definition) is 6. The maximum Gasteiger partial charge on any atom is 0.338 e. The standard InChI is InChI=1S/C24H24N2O6/c1-26(22(27)16-32-24(29)18-8-5-7-17(13-18)15-30-2)21-11-4-3-10-20(21)23(28)25-14-19-9-6-12-31-19/h3-13H,14-16H2,1-2H3,(H,25,28). The quantitative estimate of drug-likeness (QED) is 0.518. The molecule has 0 aliphatic heterocycles. The first-order valence-electron chi connectivity index (χ1n) is 9.90. The number of anilines is 1. The monoisotopic (exact) mass is 436 g/mol. The Morgan fingerprint density at radius 2 is 1.84 bits per heavy atom. The summed E-state index contributed by atoms with van der Waals surface area (Å²) in [5.41, 5.74) is 1.86. The van der Waals surface area contributed by atoms with Gasteiger partial charge in [0, 0.05) is 14.2 Å². The number of nitrogens with zero attached hydrogens (tertiary/aromatic N) is 1. The third kappa shape index (κ3) is 5.83. The molecule has 0 atom stereocenters. The highest BCUT2D eigenvalue weighted by Crippen LogP contribution is 2.20. The molecule has 0 aliphatic rings. The Bertz CT molecular complexity index is 1080. The van der Waals surface area contributed by atoms with Gasteiger partial charge in [-0.3, -0.25) is 9.59 Å². The number of ether oxygens (including phenoxy) is 2. The molecular formula is C24H24N2O6. The Balaban J connectivity index is 1.62. The summed E-state index contributed by atoms with van der Waals surface area (Å²) in [6.07, 6.45) is 1.52. The van der Waals surface area contributed by atoms with Crippen LogP contribution >= 0.6 is 0 Å². The topological polar surface area (TPSA) is 98.1 Å². The van der Waals surface area contributed by atoms with E-state index in [1.54, 1.807) is 61.7 Å². The number of nitrogens with one attached hydrogen (secondary N) is 1. The maximum atomic E-state index is 12.7. The maximum absolute atomic E-state index is 12.7. The fraction of sp³-hybridized carbons (Fsp3) is 0.208. The van der Waals surface area contributed by atoms with Crippen molar-refractivity contribution in [3.63, 3.8) is 0 Å². The van der Waals surface area contributed by atoms with Crippen LogP contribution in [-0.2, 0) is 27.4 Å². The molecule has 1 aromatic heterocycles. The first-order chi connectivity index (χ1) is 15.5. The molecule has 3 aromatic rings. The van der Waals surface area contributed by atoms with Gasteiger partial charge in [-0.25, -0.2) is 4.79 Å². The summed E-state index contributed by atoms with van der Waals surface area (Å²) in [5.74, 6) is -0.836. The molecule has 0 aliphatic carbocycles. The molecule has 0 radical (unpaired) electrons. The van der Waals surface area contributed by atoms with Gasteiger partial charge in [0.25, 0.3) is 11.8 Å². The Labute approximate surface area is 185 Å². The number of furan rings is 1. The van der Waals surface area contributed by atoms with Gasteiger partial charge in [0.1, 0.15) is 5.76 Å². The minimum atomic E-state index is -0.617. The summed E-state index contributed by atoms with van der Waals surface area (Å²) in [4.78, 5) is 38.9. The van der Waals surface area contributed by atoms with Crippen LogP contribution in [0.15, 0.2) is 71.3 Å². The Morgan fingerprint density at radius 3 is 2.59 bits per heavy atom. The van der Waals surface area contributed by atoms with Crippen LogP contribution in [0.25, 0.3) is 0 Å². The van der Waals surface area contributed by atoms with E-state index in [4.69, 9.17) is 13.9 Å². The molecule has 2 aromatic carbocycles. The van der Waals surface area contributed by atoms with Gasteiger partial charge in [0.15, 0.2) is 6.61 Å². The van der Waals surface area contributed by atoms with E-state index in [2.05, 4.69) is 5.32 Å². The molecule has 8 heteroatoms. The zero-order valence-electron chi connectivity index (χ0n) is 17.9. The van der Waals surface area contributed by atoms with E-state index in [-0.39, 0.29) is 12.5 Å². The molecule has 2 amide bonds. The summed E-state index contributed by atoms with van der Waals surface area (Å²) in [6.45, 7) is 0.116. The molecule has 0 unspecified atom stereocenters. The highest BCUT2D eigenvalue weighted by Gasteiger charge is 2.20. The van der Waals surface area contributed by atoms with E-state index in [0.717, 1.165) is 5.56 Å². The van der Waals surface area contributed by atoms with Crippen LogP contribution in [0.2, 0.25) is 0 Å². The van der Waals surface area contributed by atoms with E-state index in [1.807, 2.05) is 6.07 Å². The average Bonchev–Trinajstić information content (AvgIpc) is 3.34. The molecule has 0 fully saturated rings. The highest BCUT2D eigenvalue weighted by molar-refractivity contribution is 6.05. The number of likely N-dealkylation sites (N-methyl/N-ethyl adjacent to an activating group) is 1. The van der Waals surface area contributed by atoms with Crippen molar-refractivity contribution in [3.05, 3.63) is 89.4 Å².